The Balaban J connectivity index is 1.52. The third-order valence-electron chi connectivity index (χ3n) is 5.72. The van der Waals surface area contributed by atoms with Crippen molar-refractivity contribution in [2.45, 2.75) is 32.1 Å². The van der Waals surface area contributed by atoms with E-state index in [0.29, 0.717) is 11.8 Å². The lowest BCUT2D eigenvalue weighted by Gasteiger charge is -2.53. The van der Waals surface area contributed by atoms with E-state index < -0.39 is 0 Å². The summed E-state index contributed by atoms with van der Waals surface area (Å²) in [6.07, 6.45) is 6.37. The highest BCUT2D eigenvalue weighted by Gasteiger charge is 2.50. The van der Waals surface area contributed by atoms with Crippen molar-refractivity contribution in [2.75, 3.05) is 5.32 Å². The first-order chi connectivity index (χ1) is 10.1. The van der Waals surface area contributed by atoms with Crippen molar-refractivity contribution in [1.29, 1.82) is 0 Å². The van der Waals surface area contributed by atoms with E-state index in [1.54, 1.807) is 6.07 Å². The van der Waals surface area contributed by atoms with Crippen LogP contribution in [0.1, 0.15) is 32.1 Å². The summed E-state index contributed by atoms with van der Waals surface area (Å²) in [6.45, 7) is 0. The van der Waals surface area contributed by atoms with Crippen LogP contribution in [0.3, 0.4) is 0 Å². The van der Waals surface area contributed by atoms with Gasteiger partial charge in [0.25, 0.3) is 0 Å². The summed E-state index contributed by atoms with van der Waals surface area (Å²) in [7, 11) is 0. The molecular weight excluding hydrogens is 380 g/mol. The lowest BCUT2D eigenvalue weighted by Crippen LogP contribution is -2.49. The Morgan fingerprint density at radius 2 is 1.71 bits per heavy atom. The number of anilines is 1. The molecule has 1 amide bonds. The summed E-state index contributed by atoms with van der Waals surface area (Å²) < 4.78 is 13.9. The van der Waals surface area contributed by atoms with Crippen molar-refractivity contribution < 1.29 is 9.18 Å². The fourth-order valence-corrected chi connectivity index (χ4v) is 5.77. The minimum absolute atomic E-state index is 0.160. The molecule has 1 N–H and O–H groups in total. The Kier molecular flexibility index (Phi) is 3.47. The fraction of sp³-hybridized carbons (Fsp3) is 0.588. The first-order valence-corrected chi connectivity index (χ1v) is 8.94. The molecule has 21 heavy (non-hydrogen) atoms. The number of benzene rings is 1. The van der Waals surface area contributed by atoms with Crippen LogP contribution in [0.2, 0.25) is 0 Å². The molecule has 0 heterocycles. The first kappa shape index (κ1) is 14.0. The van der Waals surface area contributed by atoms with Gasteiger partial charge in [-0.1, -0.05) is 0 Å². The molecule has 0 atom stereocenters. The van der Waals surface area contributed by atoms with E-state index in [1.807, 2.05) is 0 Å². The molecule has 4 saturated carbocycles. The zero-order chi connectivity index (χ0) is 14.6. The molecule has 4 heteroatoms. The fourth-order valence-electron chi connectivity index (χ4n) is 5.16. The third-order valence-corrected chi connectivity index (χ3v) is 6.61. The van der Waals surface area contributed by atoms with Crippen LogP contribution < -0.4 is 5.32 Å². The second kappa shape index (κ2) is 5.21. The van der Waals surface area contributed by atoms with Crippen molar-refractivity contribution in [3.63, 3.8) is 0 Å². The highest BCUT2D eigenvalue weighted by Crippen LogP contribution is 2.56. The van der Waals surface area contributed by atoms with Crippen molar-refractivity contribution in [2.24, 2.45) is 29.6 Å². The Labute approximate surface area is 138 Å². The Morgan fingerprint density at radius 3 is 2.29 bits per heavy atom. The van der Waals surface area contributed by atoms with Crippen LogP contribution in [0.15, 0.2) is 18.2 Å². The smallest absolute Gasteiger partial charge is 0.228 e. The van der Waals surface area contributed by atoms with E-state index >= 15 is 0 Å². The molecule has 0 aliphatic heterocycles. The van der Waals surface area contributed by atoms with Gasteiger partial charge >= 0.3 is 0 Å². The molecule has 1 aromatic carbocycles. The number of hydrogen-bond acceptors (Lipinski definition) is 1. The van der Waals surface area contributed by atoms with Gasteiger partial charge in [-0.3, -0.25) is 4.79 Å². The minimum atomic E-state index is -0.257. The highest BCUT2D eigenvalue weighted by atomic mass is 127. The SMILES string of the molecule is O=C(Nc1ccc(F)cc1I)C1C2CC3CC(C2)CC1C3. The van der Waals surface area contributed by atoms with Gasteiger partial charge in [0.1, 0.15) is 5.82 Å². The minimum Gasteiger partial charge on any atom is -0.325 e. The van der Waals surface area contributed by atoms with Gasteiger partial charge in [0, 0.05) is 9.49 Å². The van der Waals surface area contributed by atoms with E-state index in [0.717, 1.165) is 21.1 Å². The second-order valence-electron chi connectivity index (χ2n) is 7.07. The second-order valence-corrected chi connectivity index (χ2v) is 8.23. The molecule has 4 fully saturated rings. The standard InChI is InChI=1S/C17H19FINO/c18-13-1-2-15(14(19)8-13)20-17(21)16-11-4-9-3-10(6-11)7-12(16)5-9/h1-2,8-12,16H,3-7H2,(H,20,21). The van der Waals surface area contributed by atoms with Gasteiger partial charge in [0.05, 0.1) is 5.69 Å². The summed E-state index contributed by atoms with van der Waals surface area (Å²) in [5, 5.41) is 3.05. The van der Waals surface area contributed by atoms with Crippen molar-refractivity contribution in [1.82, 2.24) is 0 Å². The lowest BCUT2D eigenvalue weighted by atomic mass is 9.51. The maximum Gasteiger partial charge on any atom is 0.228 e. The summed E-state index contributed by atoms with van der Waals surface area (Å²) in [4.78, 5) is 12.7. The van der Waals surface area contributed by atoms with Gasteiger partial charge in [-0.15, -0.1) is 0 Å². The first-order valence-electron chi connectivity index (χ1n) is 7.86. The summed E-state index contributed by atoms with van der Waals surface area (Å²) in [5.41, 5.74) is 0.746. The van der Waals surface area contributed by atoms with Crippen LogP contribution in [-0.2, 0) is 4.79 Å². The molecule has 4 bridgehead atoms. The molecule has 112 valence electrons. The Hall–Kier alpha value is -0.650. The maximum atomic E-state index is 13.2. The molecule has 2 nitrogen and oxygen atoms in total. The predicted molar refractivity (Wildman–Crippen MR) is 88.3 cm³/mol. The number of nitrogens with one attached hydrogen (secondary N) is 1. The van der Waals surface area contributed by atoms with Gasteiger partial charge in [-0.25, -0.2) is 4.39 Å². The number of amides is 1. The number of halogens is 2. The lowest BCUT2D eigenvalue weighted by molar-refractivity contribution is -0.132. The van der Waals surface area contributed by atoms with Crippen LogP contribution >= 0.6 is 22.6 Å². The van der Waals surface area contributed by atoms with E-state index in [9.17, 15) is 9.18 Å². The number of rotatable bonds is 2. The van der Waals surface area contributed by atoms with Gasteiger partial charge in [-0.2, -0.15) is 0 Å². The van der Waals surface area contributed by atoms with E-state index in [2.05, 4.69) is 27.9 Å². The van der Waals surface area contributed by atoms with E-state index in [-0.39, 0.29) is 17.6 Å². The van der Waals surface area contributed by atoms with Crippen LogP contribution in [0.5, 0.6) is 0 Å². The molecule has 4 aliphatic carbocycles. The number of hydrogen-bond donors (Lipinski definition) is 1. The molecule has 0 radical (unpaired) electrons. The Bertz CT molecular complexity index is 560. The van der Waals surface area contributed by atoms with Crippen LogP contribution in [0.25, 0.3) is 0 Å². The predicted octanol–water partition coefficient (Wildman–Crippen LogP) is 4.44. The van der Waals surface area contributed by atoms with Gasteiger partial charge in [0.2, 0.25) is 5.91 Å². The average Bonchev–Trinajstić information content (AvgIpc) is 2.40. The van der Waals surface area contributed by atoms with E-state index in [4.69, 9.17) is 0 Å². The quantitative estimate of drug-likeness (QED) is 0.732. The maximum absolute atomic E-state index is 13.2. The normalized spacial score (nSPS) is 36.8. The van der Waals surface area contributed by atoms with Crippen LogP contribution in [0, 0.1) is 39.0 Å². The molecule has 0 unspecified atom stereocenters. The zero-order valence-electron chi connectivity index (χ0n) is 11.8. The Morgan fingerprint density at radius 1 is 1.10 bits per heavy atom. The molecule has 5 rings (SSSR count). The number of carbonyl (C=O) groups excluding carboxylic acids is 1. The van der Waals surface area contributed by atoms with Crippen molar-refractivity contribution in [3.8, 4) is 0 Å². The van der Waals surface area contributed by atoms with Crippen LogP contribution in [-0.4, -0.2) is 5.91 Å². The van der Waals surface area contributed by atoms with Gasteiger partial charge in [-0.05, 0) is 96.6 Å². The van der Waals surface area contributed by atoms with Crippen LogP contribution in [0.4, 0.5) is 10.1 Å². The molecule has 0 aromatic heterocycles. The molecular formula is C17H19FINO. The van der Waals surface area contributed by atoms with Gasteiger partial charge in [0.15, 0.2) is 0 Å². The molecule has 0 saturated heterocycles. The van der Waals surface area contributed by atoms with Gasteiger partial charge < -0.3 is 5.32 Å². The molecule has 4 aliphatic rings. The number of carbonyl (C=O) groups is 1. The largest absolute Gasteiger partial charge is 0.325 e. The van der Waals surface area contributed by atoms with Crippen molar-refractivity contribution >= 4 is 34.2 Å². The summed E-state index contributed by atoms with van der Waals surface area (Å²) in [5.74, 6) is 3.00. The topological polar surface area (TPSA) is 29.1 Å². The molecule has 0 spiro atoms. The highest BCUT2D eigenvalue weighted by molar-refractivity contribution is 14.1. The summed E-state index contributed by atoms with van der Waals surface area (Å²) in [6, 6.07) is 4.55. The third kappa shape index (κ3) is 2.49. The van der Waals surface area contributed by atoms with E-state index in [1.165, 1.54) is 44.2 Å². The monoisotopic (exact) mass is 399 g/mol. The summed E-state index contributed by atoms with van der Waals surface area (Å²) >= 11 is 2.08. The zero-order valence-corrected chi connectivity index (χ0v) is 14.0. The van der Waals surface area contributed by atoms with Crippen molar-refractivity contribution in [3.05, 3.63) is 27.6 Å². The average molecular weight is 399 g/mol. The molecule has 1 aromatic rings.